The predicted octanol–water partition coefficient (Wildman–Crippen LogP) is 3.61. The van der Waals surface area contributed by atoms with Crippen molar-refractivity contribution in [2.75, 3.05) is 12.4 Å². The third kappa shape index (κ3) is 4.03. The molecule has 0 saturated carbocycles. The van der Waals surface area contributed by atoms with Gasteiger partial charge in [-0.25, -0.2) is 4.79 Å². The van der Waals surface area contributed by atoms with Gasteiger partial charge in [0.2, 0.25) is 0 Å². The van der Waals surface area contributed by atoms with Crippen molar-refractivity contribution < 1.29 is 13.9 Å². The summed E-state index contributed by atoms with van der Waals surface area (Å²) in [7, 11) is 1.52. The molecule has 2 aromatic heterocycles. The number of fused-ring (bicyclic) bond motifs is 1. The highest BCUT2D eigenvalue weighted by Crippen LogP contribution is 2.23. The average Bonchev–Trinajstić information content (AvgIpc) is 3.13. The monoisotopic (exact) mass is 389 g/mol. The zero-order valence-corrected chi connectivity index (χ0v) is 16.0. The molecular formula is C22H19N3O4. The fourth-order valence-electron chi connectivity index (χ4n) is 3.16. The van der Waals surface area contributed by atoms with Gasteiger partial charge in [-0.05, 0) is 24.6 Å². The number of carbonyl (C=O) groups is 1. The van der Waals surface area contributed by atoms with Gasteiger partial charge in [0, 0.05) is 29.8 Å². The largest absolute Gasteiger partial charge is 0.497 e. The summed E-state index contributed by atoms with van der Waals surface area (Å²) in [6, 6.07) is 16.0. The second kappa shape index (κ2) is 7.63. The molecule has 0 spiro atoms. The van der Waals surface area contributed by atoms with Crippen molar-refractivity contribution in [2.45, 2.75) is 13.5 Å². The maximum atomic E-state index is 12.8. The summed E-state index contributed by atoms with van der Waals surface area (Å²) < 4.78 is 12.1. The SMILES string of the molecule is COc1ccc2c(C(=O)Nc3ccn(Cc4cccc(C)c4)n3)cc(=O)oc2c1. The molecule has 0 saturated heterocycles. The number of aromatic nitrogens is 2. The summed E-state index contributed by atoms with van der Waals surface area (Å²) in [5, 5.41) is 7.65. The smallest absolute Gasteiger partial charge is 0.337 e. The highest BCUT2D eigenvalue weighted by Gasteiger charge is 2.15. The Morgan fingerprint density at radius 2 is 2.03 bits per heavy atom. The van der Waals surface area contributed by atoms with Crippen LogP contribution in [0.15, 0.2) is 70.0 Å². The minimum atomic E-state index is -0.610. The van der Waals surface area contributed by atoms with Crippen LogP contribution in [-0.4, -0.2) is 22.8 Å². The Morgan fingerprint density at radius 3 is 2.83 bits per heavy atom. The van der Waals surface area contributed by atoms with Gasteiger partial charge in [-0.2, -0.15) is 5.10 Å². The van der Waals surface area contributed by atoms with Crippen LogP contribution in [0.4, 0.5) is 5.82 Å². The highest BCUT2D eigenvalue weighted by atomic mass is 16.5. The molecular weight excluding hydrogens is 370 g/mol. The Bertz CT molecular complexity index is 1260. The third-order valence-corrected chi connectivity index (χ3v) is 4.51. The van der Waals surface area contributed by atoms with E-state index in [4.69, 9.17) is 9.15 Å². The van der Waals surface area contributed by atoms with Crippen molar-refractivity contribution in [1.82, 2.24) is 9.78 Å². The Kier molecular flexibility index (Phi) is 4.87. The fraction of sp³-hybridized carbons (Fsp3) is 0.136. The summed E-state index contributed by atoms with van der Waals surface area (Å²) in [4.78, 5) is 24.7. The average molecular weight is 389 g/mol. The number of nitrogens with zero attached hydrogens (tertiary/aromatic N) is 2. The van der Waals surface area contributed by atoms with E-state index in [1.165, 1.54) is 18.7 Å². The molecule has 4 rings (SSSR count). The molecule has 146 valence electrons. The molecule has 0 bridgehead atoms. The van der Waals surface area contributed by atoms with Gasteiger partial charge < -0.3 is 14.5 Å². The van der Waals surface area contributed by atoms with Gasteiger partial charge in [-0.3, -0.25) is 9.48 Å². The number of hydrogen-bond donors (Lipinski definition) is 1. The Morgan fingerprint density at radius 1 is 1.17 bits per heavy atom. The molecule has 1 amide bonds. The van der Waals surface area contributed by atoms with Gasteiger partial charge >= 0.3 is 5.63 Å². The minimum Gasteiger partial charge on any atom is -0.497 e. The van der Waals surface area contributed by atoms with Gasteiger partial charge in [0.15, 0.2) is 5.82 Å². The van der Waals surface area contributed by atoms with Crippen LogP contribution in [0.3, 0.4) is 0 Å². The van der Waals surface area contributed by atoms with E-state index in [0.717, 1.165) is 5.56 Å². The normalized spacial score (nSPS) is 10.8. The number of benzene rings is 2. The van der Waals surface area contributed by atoms with E-state index in [1.54, 1.807) is 35.1 Å². The van der Waals surface area contributed by atoms with Crippen molar-refractivity contribution in [3.63, 3.8) is 0 Å². The van der Waals surface area contributed by atoms with Crippen LogP contribution in [-0.2, 0) is 6.54 Å². The maximum absolute atomic E-state index is 12.8. The third-order valence-electron chi connectivity index (χ3n) is 4.51. The number of ether oxygens (including phenoxy) is 1. The topological polar surface area (TPSA) is 86.4 Å². The number of carbonyl (C=O) groups excluding carboxylic acids is 1. The first-order valence-corrected chi connectivity index (χ1v) is 9.04. The van der Waals surface area contributed by atoms with Crippen LogP contribution in [0.1, 0.15) is 21.5 Å². The lowest BCUT2D eigenvalue weighted by atomic mass is 10.1. The van der Waals surface area contributed by atoms with E-state index in [-0.39, 0.29) is 11.1 Å². The molecule has 0 fully saturated rings. The van der Waals surface area contributed by atoms with E-state index in [9.17, 15) is 9.59 Å². The van der Waals surface area contributed by atoms with Crippen molar-refractivity contribution in [1.29, 1.82) is 0 Å². The van der Waals surface area contributed by atoms with E-state index in [1.807, 2.05) is 25.1 Å². The summed E-state index contributed by atoms with van der Waals surface area (Å²) in [6.45, 7) is 2.63. The minimum absolute atomic E-state index is 0.215. The molecule has 29 heavy (non-hydrogen) atoms. The van der Waals surface area contributed by atoms with E-state index in [2.05, 4.69) is 16.5 Å². The Hall–Kier alpha value is -3.87. The molecule has 0 aliphatic heterocycles. The molecule has 0 atom stereocenters. The van der Waals surface area contributed by atoms with Crippen molar-refractivity contribution in [3.8, 4) is 5.75 Å². The van der Waals surface area contributed by atoms with Crippen LogP contribution in [0, 0.1) is 6.92 Å². The van der Waals surface area contributed by atoms with E-state index in [0.29, 0.717) is 23.5 Å². The molecule has 2 heterocycles. The number of hydrogen-bond acceptors (Lipinski definition) is 5. The number of nitrogens with one attached hydrogen (secondary N) is 1. The first kappa shape index (κ1) is 18.5. The standard InChI is InChI=1S/C22H19N3O4/c1-14-4-3-5-15(10-14)13-25-9-8-20(24-25)23-22(27)18-12-21(26)29-19-11-16(28-2)6-7-17(18)19/h3-12H,13H2,1-2H3,(H,23,24,27). The Balaban J connectivity index is 1.57. The number of aryl methyl sites for hydroxylation is 1. The first-order valence-electron chi connectivity index (χ1n) is 9.04. The molecule has 1 N–H and O–H groups in total. The lowest BCUT2D eigenvalue weighted by molar-refractivity contribution is 0.102. The van der Waals surface area contributed by atoms with Gasteiger partial charge in [0.1, 0.15) is 11.3 Å². The predicted molar refractivity (Wildman–Crippen MR) is 109 cm³/mol. The second-order valence-corrected chi connectivity index (χ2v) is 6.68. The number of methoxy groups -OCH3 is 1. The quantitative estimate of drug-likeness (QED) is 0.527. The van der Waals surface area contributed by atoms with Gasteiger partial charge in [0.25, 0.3) is 5.91 Å². The van der Waals surface area contributed by atoms with Crippen LogP contribution < -0.4 is 15.7 Å². The molecule has 0 aliphatic carbocycles. The van der Waals surface area contributed by atoms with Gasteiger partial charge in [0.05, 0.1) is 19.2 Å². The number of anilines is 1. The molecule has 0 aliphatic rings. The lowest BCUT2D eigenvalue weighted by Crippen LogP contribution is -2.16. The fourth-order valence-corrected chi connectivity index (χ4v) is 3.16. The zero-order chi connectivity index (χ0) is 20.4. The number of rotatable bonds is 5. The van der Waals surface area contributed by atoms with Crippen molar-refractivity contribution in [3.05, 3.63) is 87.9 Å². The Labute approximate surface area is 166 Å². The molecule has 2 aromatic carbocycles. The first-order chi connectivity index (χ1) is 14.0. The van der Waals surface area contributed by atoms with Gasteiger partial charge in [-0.15, -0.1) is 0 Å². The van der Waals surface area contributed by atoms with Crippen LogP contribution in [0.2, 0.25) is 0 Å². The summed E-state index contributed by atoms with van der Waals surface area (Å²) in [6.07, 6.45) is 1.79. The molecule has 4 aromatic rings. The van der Waals surface area contributed by atoms with E-state index >= 15 is 0 Å². The summed E-state index contributed by atoms with van der Waals surface area (Å²) >= 11 is 0. The lowest BCUT2D eigenvalue weighted by Gasteiger charge is -2.07. The molecule has 0 unspecified atom stereocenters. The summed E-state index contributed by atoms with van der Waals surface area (Å²) in [5.74, 6) is 0.500. The summed E-state index contributed by atoms with van der Waals surface area (Å²) in [5.41, 5.74) is 2.18. The van der Waals surface area contributed by atoms with E-state index < -0.39 is 11.5 Å². The molecule has 7 heteroatoms. The van der Waals surface area contributed by atoms with Crippen molar-refractivity contribution in [2.24, 2.45) is 0 Å². The molecule has 0 radical (unpaired) electrons. The highest BCUT2D eigenvalue weighted by molar-refractivity contribution is 6.11. The van der Waals surface area contributed by atoms with Crippen LogP contribution in [0.25, 0.3) is 11.0 Å². The zero-order valence-electron chi connectivity index (χ0n) is 16.0. The van der Waals surface area contributed by atoms with Crippen molar-refractivity contribution >= 4 is 22.7 Å². The van der Waals surface area contributed by atoms with Crippen LogP contribution >= 0.6 is 0 Å². The maximum Gasteiger partial charge on any atom is 0.337 e. The number of amides is 1. The second-order valence-electron chi connectivity index (χ2n) is 6.68. The molecule has 7 nitrogen and oxygen atoms in total. The van der Waals surface area contributed by atoms with Crippen LogP contribution in [0.5, 0.6) is 5.75 Å². The van der Waals surface area contributed by atoms with Gasteiger partial charge in [-0.1, -0.05) is 29.8 Å².